The molecule has 16 heavy (non-hydrogen) atoms. The molecule has 1 rings (SSSR count). The van der Waals surface area contributed by atoms with Crippen LogP contribution in [0.2, 0.25) is 5.02 Å². The summed E-state index contributed by atoms with van der Waals surface area (Å²) in [6.45, 7) is 2.03. The van der Waals surface area contributed by atoms with Crippen LogP contribution in [0.4, 0.5) is 5.69 Å². The van der Waals surface area contributed by atoms with Crippen LogP contribution in [0.3, 0.4) is 0 Å². The summed E-state index contributed by atoms with van der Waals surface area (Å²) in [6, 6.07) is 4.88. The Balaban J connectivity index is 2.73. The van der Waals surface area contributed by atoms with Crippen LogP contribution in [0.5, 0.6) is 0 Å². The maximum Gasteiger partial charge on any atom is 0.254 e. The predicted molar refractivity (Wildman–Crippen MR) is 64.5 cm³/mol. The summed E-state index contributed by atoms with van der Waals surface area (Å²) in [7, 11) is 0. The minimum absolute atomic E-state index is 0.194. The van der Waals surface area contributed by atoms with E-state index in [1.807, 2.05) is 6.92 Å². The van der Waals surface area contributed by atoms with Crippen LogP contribution in [0, 0.1) is 0 Å². The van der Waals surface area contributed by atoms with E-state index in [-0.39, 0.29) is 18.0 Å². The van der Waals surface area contributed by atoms with E-state index < -0.39 is 6.10 Å². The molecule has 0 bridgehead atoms. The largest absolute Gasteiger partial charge is 0.398 e. The average molecular weight is 243 g/mol. The van der Waals surface area contributed by atoms with E-state index in [9.17, 15) is 9.90 Å². The molecule has 1 amide bonds. The highest BCUT2D eigenvalue weighted by Gasteiger charge is 2.14. The van der Waals surface area contributed by atoms with E-state index in [4.69, 9.17) is 17.3 Å². The lowest BCUT2D eigenvalue weighted by Crippen LogP contribution is -2.32. The van der Waals surface area contributed by atoms with Crippen molar-refractivity contribution < 1.29 is 9.90 Å². The van der Waals surface area contributed by atoms with Gasteiger partial charge in [-0.15, -0.1) is 0 Å². The van der Waals surface area contributed by atoms with Gasteiger partial charge in [0.15, 0.2) is 0 Å². The van der Waals surface area contributed by atoms with Crippen LogP contribution in [0.15, 0.2) is 18.2 Å². The minimum atomic E-state index is -0.548. The third-order valence-corrected chi connectivity index (χ3v) is 2.56. The first-order valence-corrected chi connectivity index (χ1v) is 5.44. The molecule has 0 spiro atoms. The first-order valence-electron chi connectivity index (χ1n) is 5.06. The number of hydrogen-bond acceptors (Lipinski definition) is 3. The van der Waals surface area contributed by atoms with Gasteiger partial charge in [-0.1, -0.05) is 24.6 Å². The van der Waals surface area contributed by atoms with Crippen molar-refractivity contribution in [3.8, 4) is 0 Å². The van der Waals surface area contributed by atoms with E-state index in [0.29, 0.717) is 17.1 Å². The summed E-state index contributed by atoms with van der Waals surface area (Å²) < 4.78 is 0. The standard InChI is InChI=1S/C11H15ClN2O2/c1-2-7(15)6-14-11(16)10-8(12)4-3-5-9(10)13/h3-5,7,15H,2,6,13H2,1H3,(H,14,16). The molecule has 0 saturated heterocycles. The van der Waals surface area contributed by atoms with Crippen LogP contribution in [-0.2, 0) is 0 Å². The summed E-state index contributed by atoms with van der Waals surface area (Å²) in [4.78, 5) is 11.7. The number of hydrogen-bond donors (Lipinski definition) is 3. The number of carbonyl (C=O) groups is 1. The SMILES string of the molecule is CCC(O)CNC(=O)c1c(N)cccc1Cl. The fraction of sp³-hybridized carbons (Fsp3) is 0.364. The zero-order valence-corrected chi connectivity index (χ0v) is 9.79. The van der Waals surface area contributed by atoms with Crippen molar-refractivity contribution in [3.05, 3.63) is 28.8 Å². The zero-order valence-electron chi connectivity index (χ0n) is 9.03. The highest BCUT2D eigenvalue weighted by atomic mass is 35.5. The fourth-order valence-corrected chi connectivity index (χ4v) is 1.49. The molecule has 0 aliphatic heterocycles. The van der Waals surface area contributed by atoms with Gasteiger partial charge in [0.1, 0.15) is 0 Å². The first kappa shape index (κ1) is 12.8. The van der Waals surface area contributed by atoms with Crippen molar-refractivity contribution in [1.29, 1.82) is 0 Å². The molecule has 1 atom stereocenters. The fourth-order valence-electron chi connectivity index (χ4n) is 1.22. The number of carbonyl (C=O) groups excluding carboxylic acids is 1. The number of nitrogens with one attached hydrogen (secondary N) is 1. The Morgan fingerprint density at radius 2 is 2.31 bits per heavy atom. The number of nitrogens with two attached hydrogens (primary N) is 1. The minimum Gasteiger partial charge on any atom is -0.398 e. The number of anilines is 1. The van der Waals surface area contributed by atoms with Crippen molar-refractivity contribution in [1.82, 2.24) is 5.32 Å². The molecule has 0 aliphatic carbocycles. The van der Waals surface area contributed by atoms with E-state index in [2.05, 4.69) is 5.32 Å². The molecule has 4 nitrogen and oxygen atoms in total. The summed E-state index contributed by atoms with van der Waals surface area (Å²) in [5.74, 6) is -0.365. The summed E-state index contributed by atoms with van der Waals surface area (Å²) in [5.41, 5.74) is 6.24. The van der Waals surface area contributed by atoms with Crippen molar-refractivity contribution in [2.45, 2.75) is 19.4 Å². The van der Waals surface area contributed by atoms with Crippen LogP contribution >= 0.6 is 11.6 Å². The van der Waals surface area contributed by atoms with Gasteiger partial charge >= 0.3 is 0 Å². The van der Waals surface area contributed by atoms with Crippen LogP contribution in [-0.4, -0.2) is 23.7 Å². The third-order valence-electron chi connectivity index (χ3n) is 2.24. The van der Waals surface area contributed by atoms with E-state index in [0.717, 1.165) is 0 Å². The van der Waals surface area contributed by atoms with Crippen molar-refractivity contribution in [2.24, 2.45) is 0 Å². The van der Waals surface area contributed by atoms with Crippen LogP contribution < -0.4 is 11.1 Å². The summed E-state index contributed by atoms with van der Waals surface area (Å²) in [6.07, 6.45) is 0.0332. The maximum absolute atomic E-state index is 11.7. The summed E-state index contributed by atoms with van der Waals surface area (Å²) >= 11 is 5.87. The molecule has 5 heteroatoms. The molecular formula is C11H15ClN2O2. The average Bonchev–Trinajstić information content (AvgIpc) is 2.25. The van der Waals surface area contributed by atoms with Gasteiger partial charge in [0.25, 0.3) is 5.91 Å². The second-order valence-corrected chi connectivity index (χ2v) is 3.88. The normalized spacial score (nSPS) is 12.2. The Morgan fingerprint density at radius 3 is 2.88 bits per heavy atom. The van der Waals surface area contributed by atoms with Crippen molar-refractivity contribution in [3.63, 3.8) is 0 Å². The molecule has 0 aromatic heterocycles. The Kier molecular flexibility index (Phi) is 4.58. The highest BCUT2D eigenvalue weighted by molar-refractivity contribution is 6.34. The summed E-state index contributed by atoms with van der Waals surface area (Å²) in [5, 5.41) is 12.2. The van der Waals surface area contributed by atoms with Gasteiger partial charge in [-0.05, 0) is 18.6 Å². The molecule has 88 valence electrons. The first-order chi connectivity index (χ1) is 7.56. The second kappa shape index (κ2) is 5.72. The van der Waals surface area contributed by atoms with E-state index >= 15 is 0 Å². The lowest BCUT2D eigenvalue weighted by atomic mass is 10.1. The molecule has 0 radical (unpaired) electrons. The van der Waals surface area contributed by atoms with Gasteiger partial charge in [-0.3, -0.25) is 4.79 Å². The zero-order chi connectivity index (χ0) is 12.1. The van der Waals surface area contributed by atoms with E-state index in [1.54, 1.807) is 18.2 Å². The highest BCUT2D eigenvalue weighted by Crippen LogP contribution is 2.21. The molecule has 0 fully saturated rings. The molecule has 0 heterocycles. The molecule has 1 aromatic carbocycles. The van der Waals surface area contributed by atoms with Gasteiger partial charge < -0.3 is 16.2 Å². The van der Waals surface area contributed by atoms with Gasteiger partial charge in [0.05, 0.1) is 16.7 Å². The smallest absolute Gasteiger partial charge is 0.254 e. The number of rotatable bonds is 4. The number of benzene rings is 1. The topological polar surface area (TPSA) is 75.3 Å². The molecular weight excluding hydrogens is 228 g/mol. The van der Waals surface area contributed by atoms with E-state index in [1.165, 1.54) is 0 Å². The van der Waals surface area contributed by atoms with Crippen molar-refractivity contribution in [2.75, 3.05) is 12.3 Å². The lowest BCUT2D eigenvalue weighted by molar-refractivity contribution is 0.0915. The van der Waals surface area contributed by atoms with Gasteiger partial charge in [-0.2, -0.15) is 0 Å². The van der Waals surface area contributed by atoms with Crippen molar-refractivity contribution >= 4 is 23.2 Å². The number of halogens is 1. The van der Waals surface area contributed by atoms with Crippen LogP contribution in [0.25, 0.3) is 0 Å². The molecule has 0 aliphatic rings. The monoisotopic (exact) mass is 242 g/mol. The Labute approximate surface area is 99.4 Å². The quantitative estimate of drug-likeness (QED) is 0.699. The molecule has 1 unspecified atom stereocenters. The number of aliphatic hydroxyl groups is 1. The molecule has 4 N–H and O–H groups in total. The van der Waals surface area contributed by atoms with Gasteiger partial charge in [0.2, 0.25) is 0 Å². The maximum atomic E-state index is 11.7. The second-order valence-electron chi connectivity index (χ2n) is 3.48. The third kappa shape index (κ3) is 3.12. The lowest BCUT2D eigenvalue weighted by Gasteiger charge is -2.11. The molecule has 0 saturated carbocycles. The number of amides is 1. The predicted octanol–water partition coefficient (Wildman–Crippen LogP) is 1.42. The van der Waals surface area contributed by atoms with Crippen LogP contribution in [0.1, 0.15) is 23.7 Å². The number of nitrogen functional groups attached to an aromatic ring is 1. The van der Waals surface area contributed by atoms with Gasteiger partial charge in [-0.25, -0.2) is 0 Å². The number of aliphatic hydroxyl groups excluding tert-OH is 1. The Bertz CT molecular complexity index is 362. The Morgan fingerprint density at radius 1 is 1.62 bits per heavy atom. The Hall–Kier alpha value is -1.26. The molecule has 1 aromatic rings. The van der Waals surface area contributed by atoms with Gasteiger partial charge in [0, 0.05) is 12.2 Å².